The molecule has 0 spiro atoms. The molecule has 14 heavy (non-hydrogen) atoms. The van der Waals surface area contributed by atoms with Gasteiger partial charge in [0.25, 0.3) is 0 Å². The molecule has 0 bridgehead atoms. The zero-order valence-corrected chi connectivity index (χ0v) is 9.75. The number of hydrogen-bond acceptors (Lipinski definition) is 3. The summed E-state index contributed by atoms with van der Waals surface area (Å²) < 4.78 is 1.03. The van der Waals surface area contributed by atoms with Crippen molar-refractivity contribution in [2.24, 2.45) is 0 Å². The van der Waals surface area contributed by atoms with Gasteiger partial charge in [0.15, 0.2) is 5.82 Å². The van der Waals surface area contributed by atoms with Gasteiger partial charge in [0.1, 0.15) is 0 Å². The van der Waals surface area contributed by atoms with Gasteiger partial charge in [-0.15, -0.1) is 0 Å². The topological polar surface area (TPSA) is 25.4 Å². The molecule has 1 aliphatic rings. The number of nitrogens with zero attached hydrogens (tertiary/aromatic N) is 2. The van der Waals surface area contributed by atoms with Crippen LogP contribution in [0.25, 0.3) is 0 Å². The first-order chi connectivity index (χ1) is 6.79. The number of hydrogen-bond donors (Lipinski definition) is 0. The van der Waals surface area contributed by atoms with E-state index in [-0.39, 0.29) is 0 Å². The predicted molar refractivity (Wildman–Crippen MR) is 59.2 cm³/mol. The van der Waals surface area contributed by atoms with E-state index in [9.17, 15) is 0 Å². The molecule has 0 atom stereocenters. The molecule has 0 amide bonds. The summed E-state index contributed by atoms with van der Waals surface area (Å²) in [6, 6.07) is 1.98. The molecule has 76 valence electrons. The number of halogens is 1. The number of anilines is 1. The molecule has 0 saturated carbocycles. The van der Waals surface area contributed by atoms with E-state index in [1.165, 1.54) is 12.0 Å². The highest BCUT2D eigenvalue weighted by Gasteiger charge is 2.16. The maximum atomic E-state index is 5.54. The molecule has 2 rings (SSSR count). The minimum absolute atomic E-state index is 0.794. The Hall–Kier alpha value is -0.610. The normalized spacial score (nSPS) is 17.1. The van der Waals surface area contributed by atoms with E-state index in [0.29, 0.717) is 0 Å². The van der Waals surface area contributed by atoms with Crippen molar-refractivity contribution in [1.29, 1.82) is 0 Å². The van der Waals surface area contributed by atoms with E-state index in [2.05, 4.69) is 27.8 Å². The zero-order chi connectivity index (χ0) is 9.97. The van der Waals surface area contributed by atoms with E-state index in [4.69, 9.17) is 4.84 Å². The summed E-state index contributed by atoms with van der Waals surface area (Å²) in [5.41, 5.74) is 1.18. The van der Waals surface area contributed by atoms with Crippen molar-refractivity contribution < 1.29 is 4.84 Å². The van der Waals surface area contributed by atoms with Gasteiger partial charge >= 0.3 is 0 Å². The lowest BCUT2D eigenvalue weighted by molar-refractivity contribution is 0.0758. The third-order valence-corrected chi connectivity index (χ3v) is 3.28. The van der Waals surface area contributed by atoms with Gasteiger partial charge in [0, 0.05) is 12.7 Å². The summed E-state index contributed by atoms with van der Waals surface area (Å²) in [5, 5.41) is 1.88. The molecule has 0 aromatic carbocycles. The van der Waals surface area contributed by atoms with Crippen LogP contribution >= 0.6 is 15.9 Å². The minimum atomic E-state index is 0.794. The van der Waals surface area contributed by atoms with Crippen molar-refractivity contribution in [1.82, 2.24) is 4.98 Å². The average molecular weight is 257 g/mol. The maximum absolute atomic E-state index is 5.54. The molecule has 0 radical (unpaired) electrons. The Kier molecular flexibility index (Phi) is 3.03. The van der Waals surface area contributed by atoms with Gasteiger partial charge in [-0.25, -0.2) is 10.0 Å². The molecular formula is C10H13BrN2O. The minimum Gasteiger partial charge on any atom is -0.272 e. The predicted octanol–water partition coefficient (Wildman–Crippen LogP) is 2.68. The summed E-state index contributed by atoms with van der Waals surface area (Å²) in [7, 11) is 0. The second kappa shape index (κ2) is 4.28. The largest absolute Gasteiger partial charge is 0.272 e. The molecule has 0 unspecified atom stereocenters. The van der Waals surface area contributed by atoms with Crippen LogP contribution in [0.3, 0.4) is 0 Å². The van der Waals surface area contributed by atoms with Crippen LogP contribution in [0.2, 0.25) is 0 Å². The molecule has 0 aliphatic carbocycles. The molecule has 1 aromatic rings. The number of aryl methyl sites for hydroxylation is 1. The average Bonchev–Trinajstić information content (AvgIpc) is 2.23. The van der Waals surface area contributed by atoms with Gasteiger partial charge < -0.3 is 0 Å². The van der Waals surface area contributed by atoms with Crippen LogP contribution in [0.15, 0.2) is 16.7 Å². The molecule has 1 aromatic heterocycles. The second-order valence-electron chi connectivity index (χ2n) is 3.41. The summed E-state index contributed by atoms with van der Waals surface area (Å²) in [6.07, 6.45) is 4.12. The summed E-state index contributed by atoms with van der Waals surface area (Å²) >= 11 is 3.53. The second-order valence-corrected chi connectivity index (χ2v) is 4.20. The van der Waals surface area contributed by atoms with Gasteiger partial charge in [-0.05, 0) is 47.3 Å². The van der Waals surface area contributed by atoms with Crippen molar-refractivity contribution in [2.75, 3.05) is 18.2 Å². The standard InChI is InChI=1S/C10H13BrN2O/c1-8-4-5-12-10(9(8)11)13-6-2-3-7-14-13/h4-5H,2-3,6-7H2,1H3. The van der Waals surface area contributed by atoms with Gasteiger partial charge in [-0.1, -0.05) is 0 Å². The van der Waals surface area contributed by atoms with Gasteiger partial charge in [-0.2, -0.15) is 0 Å². The van der Waals surface area contributed by atoms with E-state index in [1.54, 1.807) is 0 Å². The van der Waals surface area contributed by atoms with Crippen molar-refractivity contribution in [3.8, 4) is 0 Å². The Labute approximate surface area is 92.2 Å². The third-order valence-electron chi connectivity index (χ3n) is 2.30. The molecule has 3 nitrogen and oxygen atoms in total. The SMILES string of the molecule is Cc1ccnc(N2CCCCO2)c1Br. The maximum Gasteiger partial charge on any atom is 0.167 e. The van der Waals surface area contributed by atoms with Crippen LogP contribution in [0.1, 0.15) is 18.4 Å². The number of hydroxylamine groups is 1. The lowest BCUT2D eigenvalue weighted by Gasteiger charge is -2.27. The highest BCUT2D eigenvalue weighted by Crippen LogP contribution is 2.28. The van der Waals surface area contributed by atoms with E-state index in [0.717, 1.165) is 29.9 Å². The molecular weight excluding hydrogens is 244 g/mol. The zero-order valence-electron chi connectivity index (χ0n) is 8.16. The van der Waals surface area contributed by atoms with Crippen molar-refractivity contribution in [3.05, 3.63) is 22.3 Å². The van der Waals surface area contributed by atoms with Crippen molar-refractivity contribution in [3.63, 3.8) is 0 Å². The summed E-state index contributed by atoms with van der Waals surface area (Å²) in [6.45, 7) is 3.77. The van der Waals surface area contributed by atoms with Crippen molar-refractivity contribution in [2.45, 2.75) is 19.8 Å². The van der Waals surface area contributed by atoms with E-state index in [1.807, 2.05) is 17.3 Å². The summed E-state index contributed by atoms with van der Waals surface area (Å²) in [4.78, 5) is 9.86. The number of rotatable bonds is 1. The molecule has 0 N–H and O–H groups in total. The van der Waals surface area contributed by atoms with Crippen LogP contribution < -0.4 is 5.06 Å². The Morgan fingerprint density at radius 3 is 3.07 bits per heavy atom. The molecule has 2 heterocycles. The van der Waals surface area contributed by atoms with Crippen LogP contribution in [0, 0.1) is 6.92 Å². The molecule has 1 aliphatic heterocycles. The third kappa shape index (κ3) is 1.91. The van der Waals surface area contributed by atoms with Crippen LogP contribution in [0.4, 0.5) is 5.82 Å². The van der Waals surface area contributed by atoms with E-state index >= 15 is 0 Å². The first kappa shape index (κ1) is 9.93. The Morgan fingerprint density at radius 1 is 1.50 bits per heavy atom. The first-order valence-corrected chi connectivity index (χ1v) is 5.60. The fraction of sp³-hybridized carbons (Fsp3) is 0.500. The number of pyridine rings is 1. The Bertz CT molecular complexity index is 324. The Morgan fingerprint density at radius 2 is 2.36 bits per heavy atom. The highest BCUT2D eigenvalue weighted by molar-refractivity contribution is 9.10. The number of aromatic nitrogens is 1. The summed E-state index contributed by atoms with van der Waals surface area (Å²) in [5.74, 6) is 0.893. The van der Waals surface area contributed by atoms with Gasteiger partial charge in [0.05, 0.1) is 11.1 Å². The molecule has 1 saturated heterocycles. The van der Waals surface area contributed by atoms with Crippen LogP contribution in [-0.4, -0.2) is 18.1 Å². The quantitative estimate of drug-likeness (QED) is 0.773. The van der Waals surface area contributed by atoms with E-state index < -0.39 is 0 Å². The van der Waals surface area contributed by atoms with Gasteiger partial charge in [-0.3, -0.25) is 4.84 Å². The van der Waals surface area contributed by atoms with Gasteiger partial charge in [0.2, 0.25) is 0 Å². The highest BCUT2D eigenvalue weighted by atomic mass is 79.9. The fourth-order valence-corrected chi connectivity index (χ4v) is 1.90. The first-order valence-electron chi connectivity index (χ1n) is 4.80. The Balaban J connectivity index is 2.26. The molecule has 1 fully saturated rings. The van der Waals surface area contributed by atoms with Crippen LogP contribution in [0.5, 0.6) is 0 Å². The fourth-order valence-electron chi connectivity index (χ4n) is 1.46. The smallest absolute Gasteiger partial charge is 0.167 e. The lowest BCUT2D eigenvalue weighted by atomic mass is 10.2. The monoisotopic (exact) mass is 256 g/mol. The van der Waals surface area contributed by atoms with Crippen LogP contribution in [-0.2, 0) is 4.84 Å². The lowest BCUT2D eigenvalue weighted by Crippen LogP contribution is -2.30. The van der Waals surface area contributed by atoms with Crippen molar-refractivity contribution >= 4 is 21.7 Å². The molecule has 4 heteroatoms.